The van der Waals surface area contributed by atoms with E-state index >= 15 is 0 Å². The zero-order valence-corrected chi connectivity index (χ0v) is 40.8. The Hall–Kier alpha value is -7.62. The molecule has 0 amide bonds. The fourth-order valence-corrected chi connectivity index (χ4v) is 13.3. The van der Waals surface area contributed by atoms with E-state index in [1.54, 1.807) is 0 Å². The Morgan fingerprint density at radius 3 is 1.61 bits per heavy atom. The summed E-state index contributed by atoms with van der Waals surface area (Å²) in [5.41, 5.74) is 28.3. The molecule has 0 radical (unpaired) electrons. The van der Waals surface area contributed by atoms with Crippen LogP contribution in [-0.2, 0) is 16.2 Å². The van der Waals surface area contributed by atoms with Crippen LogP contribution in [0.4, 0.5) is 17.1 Å². The average molecular weight is 892 g/mol. The fourth-order valence-electron chi connectivity index (χ4n) is 13.3. The van der Waals surface area contributed by atoms with Gasteiger partial charge in [-0.25, -0.2) is 0 Å². The lowest BCUT2D eigenvalue weighted by atomic mass is 9.72. The van der Waals surface area contributed by atoms with Crippen molar-refractivity contribution >= 4 is 60.9 Å². The van der Waals surface area contributed by atoms with Crippen LogP contribution in [0.3, 0.4) is 0 Å². The number of hydrogen-bond donors (Lipinski definition) is 0. The van der Waals surface area contributed by atoms with Gasteiger partial charge in [0.15, 0.2) is 0 Å². The third kappa shape index (κ3) is 5.23. The standard InChI is InChI=1S/C66H53NO2/c1-36-22-25-39(26-23-36)47-35-51-55(57-45-17-11-14-20-53(45)68-62(47)57)43-29-27-40(33-49(43)64(51,4)5)67(52-31-24-37(2)32-38(52)3)41-28-30-44-50(34-41)66(8,9)61-59(44)63-58(46-18-12-15-21-54(46)69-63)56-42-16-10-13-19-48(42)65(6,7)60(56)61/h10-35H,1-9H3. The van der Waals surface area contributed by atoms with Gasteiger partial charge in [0.1, 0.15) is 22.3 Å². The second kappa shape index (κ2) is 13.5. The summed E-state index contributed by atoms with van der Waals surface area (Å²) in [6.45, 7) is 21.1. The maximum Gasteiger partial charge on any atom is 0.144 e. The molecule has 0 fully saturated rings. The van der Waals surface area contributed by atoms with Gasteiger partial charge in [-0.15, -0.1) is 0 Å². The normalized spacial score (nSPS) is 15.4. The van der Waals surface area contributed by atoms with Crippen molar-refractivity contribution < 1.29 is 8.83 Å². The van der Waals surface area contributed by atoms with Crippen LogP contribution in [0, 0.1) is 20.8 Å². The summed E-state index contributed by atoms with van der Waals surface area (Å²) in [5.74, 6) is 0. The molecule has 9 aromatic carbocycles. The van der Waals surface area contributed by atoms with E-state index in [1.807, 2.05) is 0 Å². The first-order valence-corrected chi connectivity index (χ1v) is 24.6. The summed E-state index contributed by atoms with van der Waals surface area (Å²) in [6, 6.07) is 58.9. The van der Waals surface area contributed by atoms with E-state index in [2.05, 4.69) is 225 Å². The van der Waals surface area contributed by atoms with Crippen LogP contribution in [0.1, 0.15) is 91.6 Å². The first-order valence-electron chi connectivity index (χ1n) is 24.6. The van der Waals surface area contributed by atoms with Gasteiger partial charge in [-0.05, 0) is 142 Å². The molecular formula is C66H53NO2. The Bertz CT molecular complexity index is 4070. The van der Waals surface area contributed by atoms with E-state index in [-0.39, 0.29) is 16.2 Å². The molecule has 0 atom stereocenters. The minimum atomic E-state index is -0.333. The third-order valence-electron chi connectivity index (χ3n) is 16.6. The maximum absolute atomic E-state index is 7.05. The number of hydrogen-bond acceptors (Lipinski definition) is 3. The highest BCUT2D eigenvalue weighted by Gasteiger charge is 2.49. The number of furan rings is 2. The third-order valence-corrected chi connectivity index (χ3v) is 16.6. The van der Waals surface area contributed by atoms with Crippen molar-refractivity contribution in [2.24, 2.45) is 0 Å². The summed E-state index contributed by atoms with van der Waals surface area (Å²) in [6.07, 6.45) is 0. The van der Waals surface area contributed by atoms with Crippen LogP contribution in [0.5, 0.6) is 0 Å². The second-order valence-corrected chi connectivity index (χ2v) is 21.8. The molecule has 11 aromatic rings. The Morgan fingerprint density at radius 1 is 0.391 bits per heavy atom. The predicted octanol–water partition coefficient (Wildman–Crippen LogP) is 18.5. The van der Waals surface area contributed by atoms with Crippen molar-refractivity contribution in [2.75, 3.05) is 4.90 Å². The Morgan fingerprint density at radius 2 is 0.928 bits per heavy atom. The van der Waals surface area contributed by atoms with Crippen molar-refractivity contribution in [3.63, 3.8) is 0 Å². The zero-order valence-electron chi connectivity index (χ0n) is 40.8. The first kappa shape index (κ1) is 40.4. The van der Waals surface area contributed by atoms with Crippen LogP contribution in [0.2, 0.25) is 0 Å². The number of nitrogens with zero attached hydrogens (tertiary/aromatic N) is 1. The molecule has 3 heteroatoms. The summed E-state index contributed by atoms with van der Waals surface area (Å²) in [4.78, 5) is 2.51. The molecule has 0 saturated carbocycles. The number of rotatable bonds is 4. The number of anilines is 3. The molecule has 0 N–H and O–H groups in total. The van der Waals surface area contributed by atoms with Crippen molar-refractivity contribution in [2.45, 2.75) is 78.6 Å². The molecule has 3 nitrogen and oxygen atoms in total. The number of benzene rings is 9. The van der Waals surface area contributed by atoms with Gasteiger partial charge in [0.25, 0.3) is 0 Å². The van der Waals surface area contributed by atoms with Crippen LogP contribution in [-0.4, -0.2) is 0 Å². The molecule has 0 saturated heterocycles. The van der Waals surface area contributed by atoms with E-state index in [0.29, 0.717) is 0 Å². The second-order valence-electron chi connectivity index (χ2n) is 21.8. The minimum Gasteiger partial charge on any atom is -0.455 e. The van der Waals surface area contributed by atoms with Gasteiger partial charge in [-0.3, -0.25) is 0 Å². The van der Waals surface area contributed by atoms with E-state index < -0.39 is 0 Å². The molecule has 0 spiro atoms. The van der Waals surface area contributed by atoms with Gasteiger partial charge in [0.05, 0.1) is 0 Å². The molecule has 0 bridgehead atoms. The summed E-state index contributed by atoms with van der Waals surface area (Å²) < 4.78 is 13.9. The van der Waals surface area contributed by atoms with Gasteiger partial charge in [0.2, 0.25) is 0 Å². The van der Waals surface area contributed by atoms with E-state index in [0.717, 1.165) is 44.7 Å². The highest BCUT2D eigenvalue weighted by Crippen LogP contribution is 2.64. The number of fused-ring (bicyclic) bond motifs is 19. The highest BCUT2D eigenvalue weighted by atomic mass is 16.3. The first-order chi connectivity index (χ1) is 33.2. The van der Waals surface area contributed by atoms with Crippen LogP contribution in [0.25, 0.3) is 88.4 Å². The van der Waals surface area contributed by atoms with Crippen LogP contribution in [0.15, 0.2) is 167 Å². The predicted molar refractivity (Wildman–Crippen MR) is 288 cm³/mol. The molecule has 2 aromatic heterocycles. The van der Waals surface area contributed by atoms with Crippen LogP contribution < -0.4 is 4.90 Å². The van der Waals surface area contributed by atoms with Crippen LogP contribution >= 0.6 is 0 Å². The van der Waals surface area contributed by atoms with Gasteiger partial charge in [0, 0.05) is 66.0 Å². The average Bonchev–Trinajstić information content (AvgIpc) is 4.09. The van der Waals surface area contributed by atoms with Crippen molar-refractivity contribution in [3.05, 3.63) is 208 Å². The Labute approximate surface area is 403 Å². The Balaban J connectivity index is 0.990. The highest BCUT2D eigenvalue weighted by molar-refractivity contribution is 6.21. The molecule has 3 aliphatic carbocycles. The minimum absolute atomic E-state index is 0.209. The molecule has 3 aliphatic rings. The van der Waals surface area contributed by atoms with Crippen molar-refractivity contribution in [1.29, 1.82) is 0 Å². The van der Waals surface area contributed by atoms with E-state index in [1.165, 1.54) is 111 Å². The lowest BCUT2D eigenvalue weighted by Crippen LogP contribution is -2.24. The SMILES string of the molecule is Cc1ccc(-c2cc3c(c4c2oc2ccccc24)-c2ccc(N(c4ccc5c(c4)C(C)(C)c4c6c(c7c(oc8ccccc87)c4-5)-c4ccccc4C6(C)C)c4ccc(C)cc4C)cc2C3(C)C)cc1. The summed E-state index contributed by atoms with van der Waals surface area (Å²) in [5, 5.41) is 4.76. The van der Waals surface area contributed by atoms with Crippen molar-refractivity contribution in [1.82, 2.24) is 0 Å². The van der Waals surface area contributed by atoms with Gasteiger partial charge >= 0.3 is 0 Å². The molecule has 0 aliphatic heterocycles. The molecule has 14 rings (SSSR count). The van der Waals surface area contributed by atoms with Gasteiger partial charge < -0.3 is 13.7 Å². The molecule has 0 unspecified atom stereocenters. The van der Waals surface area contributed by atoms with Gasteiger partial charge in [-0.1, -0.05) is 162 Å². The summed E-state index contributed by atoms with van der Waals surface area (Å²) >= 11 is 0. The number of para-hydroxylation sites is 2. The number of aryl methyl sites for hydroxylation is 3. The smallest absolute Gasteiger partial charge is 0.144 e. The quantitative estimate of drug-likeness (QED) is 0.176. The molecular weight excluding hydrogens is 839 g/mol. The largest absolute Gasteiger partial charge is 0.455 e. The lowest BCUT2D eigenvalue weighted by molar-refractivity contribution is 0.600. The van der Waals surface area contributed by atoms with Crippen molar-refractivity contribution in [3.8, 4) is 44.5 Å². The molecule has 69 heavy (non-hydrogen) atoms. The monoisotopic (exact) mass is 891 g/mol. The lowest BCUT2D eigenvalue weighted by Gasteiger charge is -2.32. The van der Waals surface area contributed by atoms with E-state index in [9.17, 15) is 0 Å². The summed E-state index contributed by atoms with van der Waals surface area (Å²) in [7, 11) is 0. The topological polar surface area (TPSA) is 29.5 Å². The zero-order chi connectivity index (χ0) is 47.0. The van der Waals surface area contributed by atoms with E-state index in [4.69, 9.17) is 8.83 Å². The fraction of sp³-hybridized carbons (Fsp3) is 0.182. The molecule has 2 heterocycles. The Kier molecular flexibility index (Phi) is 7.94. The maximum atomic E-state index is 7.05. The van der Waals surface area contributed by atoms with Gasteiger partial charge in [-0.2, -0.15) is 0 Å². The molecule has 334 valence electrons.